The van der Waals surface area contributed by atoms with Crippen molar-refractivity contribution in [2.75, 3.05) is 12.8 Å². The minimum Gasteiger partial charge on any atom is -0.427 e. The van der Waals surface area contributed by atoms with Crippen LogP contribution in [0.15, 0.2) is 4.42 Å². The number of nitrogen functional groups attached to an aromatic ring is 1. The zero-order valence-electron chi connectivity index (χ0n) is 6.42. The summed E-state index contributed by atoms with van der Waals surface area (Å²) in [6.45, 7) is 0. The molecule has 60 valence electrons. The number of aryl methyl sites for hydroxylation is 1. The van der Waals surface area contributed by atoms with E-state index in [9.17, 15) is 0 Å². The average Bonchev–Trinajstić information content (AvgIpc) is 2.45. The molecule has 1 aromatic rings. The van der Waals surface area contributed by atoms with Crippen LogP contribution in [0, 0.1) is 0 Å². The van der Waals surface area contributed by atoms with Crippen LogP contribution in [0.3, 0.4) is 0 Å². The average molecular weight is 153 g/mol. The van der Waals surface area contributed by atoms with E-state index >= 15 is 0 Å². The summed E-state index contributed by atoms with van der Waals surface area (Å²) in [6.07, 6.45) is 2.04. The zero-order valence-corrected chi connectivity index (χ0v) is 6.42. The highest BCUT2D eigenvalue weighted by atomic mass is 16.4. The zero-order chi connectivity index (χ0) is 7.84. The van der Waals surface area contributed by atoms with Crippen LogP contribution in [0.1, 0.15) is 23.9 Å². The van der Waals surface area contributed by atoms with Gasteiger partial charge >= 0.3 is 0 Å². The predicted octanol–water partition coefficient (Wildman–Crippen LogP) is 0.463. The summed E-state index contributed by atoms with van der Waals surface area (Å²) >= 11 is 0. The summed E-state index contributed by atoms with van der Waals surface area (Å²) in [4.78, 5) is 4.06. The molecule has 1 atom stereocenters. The van der Waals surface area contributed by atoms with E-state index in [1.54, 1.807) is 0 Å². The van der Waals surface area contributed by atoms with Crippen LogP contribution in [0.25, 0.3) is 0 Å². The first-order valence-corrected chi connectivity index (χ1v) is 3.73. The van der Waals surface area contributed by atoms with Crippen LogP contribution < -0.4 is 11.1 Å². The fourth-order valence-corrected chi connectivity index (χ4v) is 1.52. The Morgan fingerprint density at radius 2 is 2.55 bits per heavy atom. The maximum atomic E-state index is 5.40. The van der Waals surface area contributed by atoms with Crippen molar-refractivity contribution in [3.05, 3.63) is 11.5 Å². The van der Waals surface area contributed by atoms with E-state index in [1.165, 1.54) is 0 Å². The third-order valence-electron chi connectivity index (χ3n) is 2.08. The van der Waals surface area contributed by atoms with Crippen molar-refractivity contribution in [1.29, 1.82) is 0 Å². The highest BCUT2D eigenvalue weighted by molar-refractivity contribution is 5.26. The molecule has 1 heterocycles. The van der Waals surface area contributed by atoms with Crippen molar-refractivity contribution in [2.24, 2.45) is 0 Å². The fraction of sp³-hybridized carbons (Fsp3) is 0.571. The first kappa shape index (κ1) is 6.67. The van der Waals surface area contributed by atoms with Gasteiger partial charge in [-0.1, -0.05) is 0 Å². The number of aromatic nitrogens is 1. The lowest BCUT2D eigenvalue weighted by molar-refractivity contribution is 0.446. The van der Waals surface area contributed by atoms with E-state index < -0.39 is 0 Å². The second-order valence-corrected chi connectivity index (χ2v) is 2.74. The van der Waals surface area contributed by atoms with Gasteiger partial charge in [0.05, 0.1) is 11.7 Å². The number of rotatable bonds is 1. The Morgan fingerprint density at radius 3 is 3.27 bits per heavy atom. The topological polar surface area (TPSA) is 64.1 Å². The molecule has 0 spiro atoms. The number of hydrogen-bond donors (Lipinski definition) is 2. The first-order chi connectivity index (χ1) is 5.31. The Hall–Kier alpha value is -1.03. The summed E-state index contributed by atoms with van der Waals surface area (Å²) in [6, 6.07) is 0.602. The molecule has 0 saturated heterocycles. The molecule has 0 aromatic carbocycles. The summed E-state index contributed by atoms with van der Waals surface area (Å²) in [7, 11) is 1.92. The predicted molar refractivity (Wildman–Crippen MR) is 41.0 cm³/mol. The van der Waals surface area contributed by atoms with Crippen LogP contribution >= 0.6 is 0 Å². The molecule has 0 bridgehead atoms. The quantitative estimate of drug-likeness (QED) is 0.615. The van der Waals surface area contributed by atoms with Crippen LogP contribution in [0.4, 0.5) is 6.01 Å². The van der Waals surface area contributed by atoms with Crippen LogP contribution in [0.5, 0.6) is 0 Å². The van der Waals surface area contributed by atoms with Gasteiger partial charge < -0.3 is 15.5 Å². The van der Waals surface area contributed by atoms with Crippen LogP contribution in [-0.2, 0) is 6.42 Å². The van der Waals surface area contributed by atoms with Gasteiger partial charge in [0.15, 0.2) is 0 Å². The Balaban J connectivity index is 2.37. The number of hydrogen-bond acceptors (Lipinski definition) is 4. The minimum absolute atomic E-state index is 0.287. The normalized spacial score (nSPS) is 22.1. The van der Waals surface area contributed by atoms with Crippen molar-refractivity contribution in [1.82, 2.24) is 10.3 Å². The molecule has 0 amide bonds. The number of anilines is 1. The van der Waals surface area contributed by atoms with E-state index in [0.717, 1.165) is 24.3 Å². The number of nitrogens with one attached hydrogen (secondary N) is 1. The highest BCUT2D eigenvalue weighted by Gasteiger charge is 2.26. The molecule has 4 heteroatoms. The molecule has 0 radical (unpaired) electrons. The van der Waals surface area contributed by atoms with Gasteiger partial charge in [-0.15, -0.1) is 0 Å². The Bertz CT molecular complexity index is 269. The molecule has 1 aliphatic carbocycles. The molecule has 3 N–H and O–H groups in total. The third kappa shape index (κ3) is 0.903. The first-order valence-electron chi connectivity index (χ1n) is 3.73. The number of oxazole rings is 1. The van der Waals surface area contributed by atoms with Gasteiger partial charge in [-0.3, -0.25) is 0 Å². The fourth-order valence-electron chi connectivity index (χ4n) is 1.52. The molecule has 1 aliphatic rings. The highest BCUT2D eigenvalue weighted by Crippen LogP contribution is 2.31. The van der Waals surface area contributed by atoms with Gasteiger partial charge in [-0.25, -0.2) is 0 Å². The van der Waals surface area contributed by atoms with E-state index in [0.29, 0.717) is 6.04 Å². The number of nitrogens with zero attached hydrogens (tertiary/aromatic N) is 1. The lowest BCUT2D eigenvalue weighted by atomic mass is 10.2. The minimum atomic E-state index is 0.287. The molecule has 2 rings (SSSR count). The smallest absolute Gasteiger partial charge is 0.292 e. The van der Waals surface area contributed by atoms with Crippen molar-refractivity contribution in [2.45, 2.75) is 18.9 Å². The molecular weight excluding hydrogens is 142 g/mol. The van der Waals surface area contributed by atoms with Gasteiger partial charge in [-0.05, 0) is 19.9 Å². The van der Waals surface area contributed by atoms with Crippen molar-refractivity contribution >= 4 is 6.01 Å². The molecule has 0 fully saturated rings. The van der Waals surface area contributed by atoms with E-state index in [4.69, 9.17) is 10.2 Å². The van der Waals surface area contributed by atoms with Crippen LogP contribution in [0.2, 0.25) is 0 Å². The van der Waals surface area contributed by atoms with Crippen molar-refractivity contribution < 1.29 is 4.42 Å². The molecule has 0 saturated carbocycles. The van der Waals surface area contributed by atoms with Gasteiger partial charge in [0, 0.05) is 0 Å². The van der Waals surface area contributed by atoms with E-state index in [1.807, 2.05) is 7.05 Å². The monoisotopic (exact) mass is 153 g/mol. The van der Waals surface area contributed by atoms with E-state index in [-0.39, 0.29) is 6.01 Å². The number of nitrogens with two attached hydrogens (primary N) is 1. The lowest BCUT2D eigenvalue weighted by Gasteiger charge is -2.04. The van der Waals surface area contributed by atoms with Crippen molar-refractivity contribution in [3.8, 4) is 0 Å². The maximum Gasteiger partial charge on any atom is 0.292 e. The van der Waals surface area contributed by atoms with Gasteiger partial charge in [0.25, 0.3) is 6.01 Å². The third-order valence-corrected chi connectivity index (χ3v) is 2.08. The Kier molecular flexibility index (Phi) is 1.35. The summed E-state index contributed by atoms with van der Waals surface area (Å²) in [5, 5.41) is 3.14. The van der Waals surface area contributed by atoms with E-state index in [2.05, 4.69) is 10.3 Å². The van der Waals surface area contributed by atoms with Gasteiger partial charge in [0.2, 0.25) is 0 Å². The number of fused-ring (bicyclic) bond motifs is 1. The summed E-state index contributed by atoms with van der Waals surface area (Å²) in [5.74, 6) is 0.921. The maximum absolute atomic E-state index is 5.40. The van der Waals surface area contributed by atoms with Crippen LogP contribution in [-0.4, -0.2) is 12.0 Å². The second-order valence-electron chi connectivity index (χ2n) is 2.74. The van der Waals surface area contributed by atoms with Crippen molar-refractivity contribution in [3.63, 3.8) is 0 Å². The second kappa shape index (κ2) is 2.23. The van der Waals surface area contributed by atoms with Gasteiger partial charge in [0.1, 0.15) is 5.76 Å². The van der Waals surface area contributed by atoms with Gasteiger partial charge in [-0.2, -0.15) is 4.98 Å². The molecular formula is C7H11N3O. The summed E-state index contributed by atoms with van der Waals surface area (Å²) in [5.41, 5.74) is 6.42. The molecule has 11 heavy (non-hydrogen) atoms. The SMILES string of the molecule is CNC1CCc2nc(N)oc21. The molecule has 0 aliphatic heterocycles. The summed E-state index contributed by atoms with van der Waals surface area (Å²) < 4.78 is 5.23. The lowest BCUT2D eigenvalue weighted by Crippen LogP contribution is -2.12. The molecule has 1 aromatic heterocycles. The standard InChI is InChI=1S/C7H11N3O/c1-9-4-2-3-5-6(4)11-7(8)10-5/h4,9H,2-3H2,1H3,(H2,8,10). The Labute approximate surface area is 64.8 Å². The molecule has 1 unspecified atom stereocenters. The molecule has 4 nitrogen and oxygen atoms in total. The Morgan fingerprint density at radius 1 is 1.73 bits per heavy atom. The largest absolute Gasteiger partial charge is 0.427 e.